The number of nitrogens with one attached hydrogen (secondary N) is 1. The number of aliphatic imine (C=N–C) groups is 1. The Labute approximate surface area is 222 Å². The Morgan fingerprint density at radius 3 is 2.14 bits per heavy atom. The Kier molecular flexibility index (Phi) is 8.03. The zero-order valence-corrected chi connectivity index (χ0v) is 21.7. The number of guanidine groups is 1. The van der Waals surface area contributed by atoms with E-state index in [4.69, 9.17) is 27.9 Å². The first-order valence-electron chi connectivity index (χ1n) is 11.0. The summed E-state index contributed by atoms with van der Waals surface area (Å²) in [6.45, 7) is 0.433. The lowest BCUT2D eigenvalue weighted by molar-refractivity contribution is -0.140. The minimum absolute atomic E-state index is 0.0120. The monoisotopic (exact) mass is 571 g/mol. The van der Waals surface area contributed by atoms with Gasteiger partial charge in [-0.15, -0.1) is 0 Å². The van der Waals surface area contributed by atoms with Crippen molar-refractivity contribution in [1.82, 2.24) is 9.62 Å². The summed E-state index contributed by atoms with van der Waals surface area (Å²) >= 11 is 11.8. The van der Waals surface area contributed by atoms with Crippen LogP contribution in [0.5, 0.6) is 0 Å². The molecule has 0 saturated carbocycles. The van der Waals surface area contributed by atoms with E-state index in [0.717, 1.165) is 6.07 Å². The van der Waals surface area contributed by atoms with Gasteiger partial charge in [0, 0.05) is 30.2 Å². The summed E-state index contributed by atoms with van der Waals surface area (Å²) < 4.78 is 75.4. The third-order valence-electron chi connectivity index (χ3n) is 5.76. The van der Waals surface area contributed by atoms with E-state index in [1.54, 1.807) is 29.2 Å². The average Bonchev–Trinajstić information content (AvgIpc) is 2.83. The van der Waals surface area contributed by atoms with Crippen molar-refractivity contribution in [3.05, 3.63) is 99.5 Å². The van der Waals surface area contributed by atoms with Gasteiger partial charge in [-0.05, 0) is 53.6 Å². The van der Waals surface area contributed by atoms with Crippen LogP contribution in [0.25, 0.3) is 0 Å². The van der Waals surface area contributed by atoms with Crippen LogP contribution in [-0.2, 0) is 20.9 Å². The number of sulfonamides is 1. The van der Waals surface area contributed by atoms with Gasteiger partial charge in [0.1, 0.15) is 6.10 Å². The van der Waals surface area contributed by atoms with Gasteiger partial charge in [0.25, 0.3) is 10.0 Å². The summed E-state index contributed by atoms with van der Waals surface area (Å²) in [7, 11) is -2.49. The highest BCUT2D eigenvalue weighted by Crippen LogP contribution is 2.39. The van der Waals surface area contributed by atoms with Gasteiger partial charge in [0.15, 0.2) is 0 Å². The lowest BCUT2D eigenvalue weighted by Crippen LogP contribution is -2.59. The fourth-order valence-electron chi connectivity index (χ4n) is 3.89. The Morgan fingerprint density at radius 1 is 1.00 bits per heavy atom. The van der Waals surface area contributed by atoms with E-state index in [1.807, 2.05) is 0 Å². The van der Waals surface area contributed by atoms with Crippen LogP contribution in [0, 0.1) is 0 Å². The summed E-state index contributed by atoms with van der Waals surface area (Å²) in [5.41, 5.74) is -0.311. The summed E-state index contributed by atoms with van der Waals surface area (Å²) in [5.74, 6) is 0.0912. The largest absolute Gasteiger partial charge is 0.416 e. The molecule has 196 valence electrons. The molecular formula is C25H22Cl2F3N3O3S. The first-order valence-corrected chi connectivity index (χ1v) is 13.3. The molecule has 0 aliphatic carbocycles. The van der Waals surface area contributed by atoms with Crippen LogP contribution in [0.2, 0.25) is 10.0 Å². The van der Waals surface area contributed by atoms with Gasteiger partial charge >= 0.3 is 6.18 Å². The molecule has 0 aromatic heterocycles. The molecule has 1 heterocycles. The molecule has 1 atom stereocenters. The number of rotatable bonds is 6. The molecular weight excluding hydrogens is 550 g/mol. The van der Waals surface area contributed by atoms with Gasteiger partial charge in [-0.3, -0.25) is 4.99 Å². The van der Waals surface area contributed by atoms with Crippen molar-refractivity contribution in [1.29, 1.82) is 0 Å². The van der Waals surface area contributed by atoms with E-state index < -0.39 is 34.0 Å². The number of likely N-dealkylation sites (tertiary alicyclic amines) is 1. The number of nitrogens with zero attached hydrogens (tertiary/aromatic N) is 2. The van der Waals surface area contributed by atoms with Crippen molar-refractivity contribution in [2.24, 2.45) is 4.99 Å². The molecule has 1 unspecified atom stereocenters. The SMILES string of the molecule is CN=C(NS(=O)(=O)c1ccc(Cl)cc1)N1CC(OC(c2ccc(Cl)cc2)c2ccccc2C(F)(F)F)C1. The predicted molar refractivity (Wildman–Crippen MR) is 136 cm³/mol. The van der Waals surface area contributed by atoms with E-state index >= 15 is 0 Å². The molecule has 0 bridgehead atoms. The molecule has 0 amide bonds. The van der Waals surface area contributed by atoms with Crippen LogP contribution in [0.3, 0.4) is 0 Å². The van der Waals surface area contributed by atoms with Gasteiger partial charge in [-0.2, -0.15) is 13.2 Å². The fraction of sp³-hybridized carbons (Fsp3) is 0.240. The van der Waals surface area contributed by atoms with Gasteiger partial charge in [-0.1, -0.05) is 53.5 Å². The zero-order chi connectivity index (χ0) is 26.8. The highest BCUT2D eigenvalue weighted by atomic mass is 35.5. The summed E-state index contributed by atoms with van der Waals surface area (Å²) in [6, 6.07) is 17.3. The van der Waals surface area contributed by atoms with Gasteiger partial charge in [0.05, 0.1) is 16.6 Å². The molecule has 37 heavy (non-hydrogen) atoms. The molecule has 1 N–H and O–H groups in total. The molecule has 1 aliphatic rings. The standard InChI is InChI=1S/C25H22Cl2F3N3O3S/c1-31-24(32-37(34,35)20-12-10-18(27)11-13-20)33-14-19(15-33)36-23(16-6-8-17(26)9-7-16)21-4-2-3-5-22(21)25(28,29)30/h2-13,19,23H,14-15H2,1H3,(H,31,32). The number of benzene rings is 3. The second kappa shape index (κ2) is 10.9. The Balaban J connectivity index is 1.51. The van der Waals surface area contributed by atoms with Crippen LogP contribution in [0.4, 0.5) is 13.2 Å². The summed E-state index contributed by atoms with van der Waals surface area (Å²) in [5, 5.41) is 0.839. The van der Waals surface area contributed by atoms with Gasteiger partial charge < -0.3 is 9.64 Å². The minimum Gasteiger partial charge on any atom is -0.362 e. The number of alkyl halides is 3. The maximum absolute atomic E-state index is 13.8. The third kappa shape index (κ3) is 6.38. The smallest absolute Gasteiger partial charge is 0.362 e. The van der Waals surface area contributed by atoms with Crippen molar-refractivity contribution in [2.75, 3.05) is 20.1 Å². The quantitative estimate of drug-likeness (QED) is 0.301. The highest BCUT2D eigenvalue weighted by molar-refractivity contribution is 7.90. The molecule has 3 aromatic rings. The topological polar surface area (TPSA) is 71.0 Å². The van der Waals surface area contributed by atoms with Crippen molar-refractivity contribution in [2.45, 2.75) is 23.3 Å². The van der Waals surface area contributed by atoms with E-state index in [0.29, 0.717) is 15.6 Å². The average molecular weight is 572 g/mol. The predicted octanol–water partition coefficient (Wildman–Crippen LogP) is 5.77. The molecule has 1 fully saturated rings. The fourth-order valence-corrected chi connectivity index (χ4v) is 5.21. The number of ether oxygens (including phenoxy) is 1. The van der Waals surface area contributed by atoms with Crippen molar-refractivity contribution in [3.63, 3.8) is 0 Å². The zero-order valence-electron chi connectivity index (χ0n) is 19.4. The summed E-state index contributed by atoms with van der Waals surface area (Å²) in [4.78, 5) is 5.68. The Hall–Kier alpha value is -2.79. The molecule has 6 nitrogen and oxygen atoms in total. The van der Waals surface area contributed by atoms with Crippen molar-refractivity contribution < 1.29 is 26.3 Å². The molecule has 4 rings (SSSR count). The van der Waals surface area contributed by atoms with E-state index in [1.165, 1.54) is 49.5 Å². The van der Waals surface area contributed by atoms with Crippen LogP contribution in [-0.4, -0.2) is 45.5 Å². The van der Waals surface area contributed by atoms with Crippen molar-refractivity contribution >= 4 is 39.2 Å². The highest BCUT2D eigenvalue weighted by Gasteiger charge is 2.39. The van der Waals surface area contributed by atoms with E-state index in [-0.39, 0.29) is 29.5 Å². The van der Waals surface area contributed by atoms with Crippen molar-refractivity contribution in [3.8, 4) is 0 Å². The first-order chi connectivity index (χ1) is 17.5. The van der Waals surface area contributed by atoms with Crippen LogP contribution < -0.4 is 4.72 Å². The van der Waals surface area contributed by atoms with Crippen LogP contribution >= 0.6 is 23.2 Å². The van der Waals surface area contributed by atoms with E-state index in [2.05, 4.69) is 9.71 Å². The minimum atomic E-state index is -4.57. The number of halogens is 5. The maximum atomic E-state index is 13.8. The van der Waals surface area contributed by atoms with Crippen LogP contribution in [0.15, 0.2) is 82.7 Å². The van der Waals surface area contributed by atoms with Gasteiger partial charge in [-0.25, -0.2) is 13.1 Å². The molecule has 3 aromatic carbocycles. The second-order valence-electron chi connectivity index (χ2n) is 8.29. The summed E-state index contributed by atoms with van der Waals surface area (Å²) in [6.07, 6.45) is -6.08. The van der Waals surface area contributed by atoms with Gasteiger partial charge in [0.2, 0.25) is 5.96 Å². The number of hydrogen-bond donors (Lipinski definition) is 1. The molecule has 0 spiro atoms. The molecule has 1 saturated heterocycles. The first kappa shape index (κ1) is 27.3. The molecule has 0 radical (unpaired) electrons. The Morgan fingerprint density at radius 2 is 1.57 bits per heavy atom. The third-order valence-corrected chi connectivity index (χ3v) is 7.61. The van der Waals surface area contributed by atoms with E-state index in [9.17, 15) is 21.6 Å². The maximum Gasteiger partial charge on any atom is 0.416 e. The molecule has 1 aliphatic heterocycles. The normalized spacial score (nSPS) is 15.8. The number of hydrogen-bond acceptors (Lipinski definition) is 4. The molecule has 12 heteroatoms. The second-order valence-corrected chi connectivity index (χ2v) is 10.8. The lowest BCUT2D eigenvalue weighted by Gasteiger charge is -2.42. The lowest BCUT2D eigenvalue weighted by atomic mass is 9.95. The van der Waals surface area contributed by atoms with Crippen LogP contribution in [0.1, 0.15) is 22.8 Å². The Bertz CT molecular complexity index is 1380.